The van der Waals surface area contributed by atoms with Crippen LogP contribution in [0.1, 0.15) is 12.8 Å². The molecular weight excluding hydrogens is 272 g/mol. The number of nitrogens with two attached hydrogens (primary N) is 1. The highest BCUT2D eigenvalue weighted by molar-refractivity contribution is 7.80. The second-order valence-electron chi connectivity index (χ2n) is 3.66. The molecule has 0 saturated heterocycles. The van der Waals surface area contributed by atoms with Crippen LogP contribution in [0.3, 0.4) is 0 Å². The first kappa shape index (κ1) is 14.7. The quantitative estimate of drug-likeness (QED) is 0.594. The minimum atomic E-state index is -0.173. The molecule has 0 heterocycles. The molecule has 0 unspecified atom stereocenters. The van der Waals surface area contributed by atoms with Crippen molar-refractivity contribution in [1.82, 2.24) is 5.32 Å². The molecule has 0 aliphatic carbocycles. The molecule has 3 N–H and O–H groups in total. The van der Waals surface area contributed by atoms with Crippen molar-refractivity contribution in [2.45, 2.75) is 12.8 Å². The molecule has 0 fully saturated rings. The van der Waals surface area contributed by atoms with E-state index in [-0.39, 0.29) is 12.5 Å². The van der Waals surface area contributed by atoms with Gasteiger partial charge in [-0.05, 0) is 37.1 Å². The second-order valence-corrected chi connectivity index (χ2v) is 4.62. The molecule has 1 aromatic carbocycles. The Morgan fingerprint density at radius 2 is 2.06 bits per heavy atom. The first-order chi connectivity index (χ1) is 8.58. The van der Waals surface area contributed by atoms with Crippen molar-refractivity contribution in [2.24, 2.45) is 5.73 Å². The van der Waals surface area contributed by atoms with E-state index in [2.05, 4.69) is 5.32 Å². The Kier molecular flexibility index (Phi) is 6.46. The summed E-state index contributed by atoms with van der Waals surface area (Å²) < 4.78 is 5.28. The normalized spacial score (nSPS) is 9.83. The van der Waals surface area contributed by atoms with Crippen LogP contribution < -0.4 is 15.8 Å². The fourth-order valence-electron chi connectivity index (χ4n) is 1.22. The van der Waals surface area contributed by atoms with Crippen molar-refractivity contribution >= 4 is 34.7 Å². The molecule has 0 bridgehead atoms. The van der Waals surface area contributed by atoms with Crippen LogP contribution in [0.5, 0.6) is 5.75 Å². The van der Waals surface area contributed by atoms with E-state index in [1.165, 1.54) is 0 Å². The van der Waals surface area contributed by atoms with Crippen LogP contribution in [-0.2, 0) is 4.79 Å². The lowest BCUT2D eigenvalue weighted by Crippen LogP contribution is -2.30. The summed E-state index contributed by atoms with van der Waals surface area (Å²) in [6, 6.07) is 6.83. The summed E-state index contributed by atoms with van der Waals surface area (Å²) in [5, 5.41) is 3.34. The maximum Gasteiger partial charge on any atom is 0.257 e. The molecule has 1 aromatic rings. The third kappa shape index (κ3) is 6.42. The molecule has 6 heteroatoms. The Bertz CT molecular complexity index is 409. The van der Waals surface area contributed by atoms with Crippen molar-refractivity contribution in [2.75, 3.05) is 13.2 Å². The lowest BCUT2D eigenvalue weighted by atomic mass is 10.3. The summed E-state index contributed by atoms with van der Waals surface area (Å²) in [4.78, 5) is 11.9. The zero-order valence-corrected chi connectivity index (χ0v) is 11.4. The number of benzene rings is 1. The molecule has 0 atom stereocenters. The van der Waals surface area contributed by atoms with E-state index in [1.54, 1.807) is 24.3 Å². The molecule has 1 rings (SSSR count). The molecule has 0 saturated carbocycles. The van der Waals surface area contributed by atoms with Gasteiger partial charge in [-0.1, -0.05) is 23.8 Å². The number of rotatable bonds is 7. The van der Waals surface area contributed by atoms with Crippen LogP contribution in [0.2, 0.25) is 5.02 Å². The second kappa shape index (κ2) is 7.89. The maximum atomic E-state index is 11.4. The Hall–Kier alpha value is -1.33. The molecule has 0 aromatic heterocycles. The van der Waals surface area contributed by atoms with Gasteiger partial charge >= 0.3 is 0 Å². The van der Waals surface area contributed by atoms with E-state index in [9.17, 15) is 4.79 Å². The number of hydrogen-bond donors (Lipinski definition) is 2. The molecule has 0 aliphatic heterocycles. The van der Waals surface area contributed by atoms with Crippen molar-refractivity contribution in [3.8, 4) is 5.75 Å². The van der Waals surface area contributed by atoms with Gasteiger partial charge in [0, 0.05) is 11.6 Å². The van der Waals surface area contributed by atoms with Crippen LogP contribution in [0, 0.1) is 0 Å². The summed E-state index contributed by atoms with van der Waals surface area (Å²) in [6.07, 6.45) is 1.37. The Morgan fingerprint density at radius 1 is 1.39 bits per heavy atom. The van der Waals surface area contributed by atoms with Crippen molar-refractivity contribution in [3.05, 3.63) is 29.3 Å². The third-order valence-electron chi connectivity index (χ3n) is 2.11. The monoisotopic (exact) mass is 286 g/mol. The first-order valence-corrected chi connectivity index (χ1v) is 6.30. The topological polar surface area (TPSA) is 64.3 Å². The molecule has 4 nitrogen and oxygen atoms in total. The number of halogens is 1. The van der Waals surface area contributed by atoms with Gasteiger partial charge in [0.2, 0.25) is 0 Å². The fraction of sp³-hybridized carbons (Fsp3) is 0.333. The SMILES string of the molecule is NC(=S)CCCNC(=O)COc1ccc(Cl)cc1. The number of hydrogen-bond acceptors (Lipinski definition) is 3. The summed E-state index contributed by atoms with van der Waals surface area (Å²) in [5.74, 6) is 0.436. The lowest BCUT2D eigenvalue weighted by molar-refractivity contribution is -0.123. The molecule has 0 aliphatic rings. The van der Waals surface area contributed by atoms with Crippen LogP contribution in [0.25, 0.3) is 0 Å². The Labute approximate surface area is 116 Å². The van der Waals surface area contributed by atoms with Crippen molar-refractivity contribution in [1.29, 1.82) is 0 Å². The number of carbonyl (C=O) groups excluding carboxylic acids is 1. The Balaban J connectivity index is 2.17. The number of carbonyl (C=O) groups is 1. The van der Waals surface area contributed by atoms with E-state index < -0.39 is 0 Å². The zero-order valence-electron chi connectivity index (χ0n) is 9.82. The predicted molar refractivity (Wildman–Crippen MR) is 76.0 cm³/mol. The highest BCUT2D eigenvalue weighted by atomic mass is 35.5. The lowest BCUT2D eigenvalue weighted by Gasteiger charge is -2.07. The third-order valence-corrected chi connectivity index (χ3v) is 2.56. The van der Waals surface area contributed by atoms with Gasteiger partial charge in [-0.25, -0.2) is 0 Å². The first-order valence-electron chi connectivity index (χ1n) is 5.51. The van der Waals surface area contributed by atoms with Gasteiger partial charge in [-0.15, -0.1) is 0 Å². The van der Waals surface area contributed by atoms with E-state index in [4.69, 9.17) is 34.3 Å². The minimum absolute atomic E-state index is 0.0191. The largest absolute Gasteiger partial charge is 0.484 e. The van der Waals surface area contributed by atoms with Gasteiger partial charge in [-0.2, -0.15) is 0 Å². The average Bonchev–Trinajstić information content (AvgIpc) is 2.34. The summed E-state index contributed by atoms with van der Waals surface area (Å²) in [6.45, 7) is 0.523. The minimum Gasteiger partial charge on any atom is -0.484 e. The van der Waals surface area contributed by atoms with Gasteiger partial charge in [0.05, 0.1) is 4.99 Å². The van der Waals surface area contributed by atoms with Gasteiger partial charge in [-0.3, -0.25) is 4.79 Å². The van der Waals surface area contributed by atoms with Crippen LogP contribution in [0.15, 0.2) is 24.3 Å². The highest BCUT2D eigenvalue weighted by Crippen LogP contribution is 2.15. The zero-order chi connectivity index (χ0) is 13.4. The summed E-state index contributed by atoms with van der Waals surface area (Å²) in [5.41, 5.74) is 5.34. The molecule has 18 heavy (non-hydrogen) atoms. The van der Waals surface area contributed by atoms with Crippen LogP contribution in [0.4, 0.5) is 0 Å². The number of nitrogens with one attached hydrogen (secondary N) is 1. The van der Waals surface area contributed by atoms with E-state index in [0.717, 1.165) is 6.42 Å². The van der Waals surface area contributed by atoms with Gasteiger partial charge in [0.25, 0.3) is 5.91 Å². The highest BCUT2D eigenvalue weighted by Gasteiger charge is 2.02. The molecule has 0 spiro atoms. The van der Waals surface area contributed by atoms with Gasteiger partial charge in [0.1, 0.15) is 5.75 Å². The molecule has 98 valence electrons. The fourth-order valence-corrected chi connectivity index (χ4v) is 1.49. The number of thiocarbonyl (C=S) groups is 1. The summed E-state index contributed by atoms with van der Waals surface area (Å²) in [7, 11) is 0. The van der Waals surface area contributed by atoms with Gasteiger partial charge in [0.15, 0.2) is 6.61 Å². The van der Waals surface area contributed by atoms with Gasteiger partial charge < -0.3 is 15.8 Å². The van der Waals surface area contributed by atoms with Crippen molar-refractivity contribution < 1.29 is 9.53 Å². The number of ether oxygens (including phenoxy) is 1. The van der Waals surface area contributed by atoms with Crippen LogP contribution in [-0.4, -0.2) is 24.0 Å². The molecule has 1 amide bonds. The van der Waals surface area contributed by atoms with E-state index in [1.807, 2.05) is 0 Å². The predicted octanol–water partition coefficient (Wildman–Crippen LogP) is 1.90. The average molecular weight is 287 g/mol. The van der Waals surface area contributed by atoms with E-state index in [0.29, 0.717) is 28.7 Å². The van der Waals surface area contributed by atoms with Crippen molar-refractivity contribution in [3.63, 3.8) is 0 Å². The smallest absolute Gasteiger partial charge is 0.257 e. The maximum absolute atomic E-state index is 11.4. The standard InChI is InChI=1S/C12H15ClN2O2S/c13-9-3-5-10(6-4-9)17-8-12(16)15-7-1-2-11(14)18/h3-6H,1-2,7-8H2,(H2,14,18)(H,15,16). The Morgan fingerprint density at radius 3 is 2.67 bits per heavy atom. The van der Waals surface area contributed by atoms with Crippen LogP contribution >= 0.6 is 23.8 Å². The van der Waals surface area contributed by atoms with E-state index >= 15 is 0 Å². The molecule has 0 radical (unpaired) electrons. The number of amides is 1. The summed E-state index contributed by atoms with van der Waals surface area (Å²) >= 11 is 10.5. The molecular formula is C12H15ClN2O2S.